The van der Waals surface area contributed by atoms with Crippen molar-refractivity contribution >= 4 is 5.78 Å². The molecule has 0 N–H and O–H groups in total. The summed E-state index contributed by atoms with van der Waals surface area (Å²) in [5, 5.41) is 0. The van der Waals surface area contributed by atoms with Crippen molar-refractivity contribution in [2.75, 3.05) is 0 Å². The lowest BCUT2D eigenvalue weighted by Crippen LogP contribution is -2.13. The first-order valence-electron chi connectivity index (χ1n) is 4.91. The van der Waals surface area contributed by atoms with E-state index in [9.17, 15) is 4.79 Å². The van der Waals surface area contributed by atoms with Crippen LogP contribution in [0.1, 0.15) is 45.4 Å². The molecule has 0 spiro atoms. The molecule has 0 atom stereocenters. The summed E-state index contributed by atoms with van der Waals surface area (Å²) >= 11 is 0. The van der Waals surface area contributed by atoms with Crippen LogP contribution in [0.4, 0.5) is 0 Å². The molecule has 0 aromatic heterocycles. The highest BCUT2D eigenvalue weighted by atomic mass is 16.1. The quantitative estimate of drug-likeness (QED) is 0.455. The molecular weight excluding hydrogens is 148 g/mol. The lowest BCUT2D eigenvalue weighted by atomic mass is 9.92. The molecule has 0 saturated heterocycles. The smallest absolute Gasteiger partial charge is 0.161 e. The molecule has 1 fully saturated rings. The average Bonchev–Trinajstić information content (AvgIpc) is 2.30. The number of carbonyl (C=O) groups excluding carboxylic acids is 1. The second-order valence-electron chi connectivity index (χ2n) is 3.83. The van der Waals surface area contributed by atoms with Crippen LogP contribution in [0.2, 0.25) is 0 Å². The van der Waals surface area contributed by atoms with Gasteiger partial charge in [-0.05, 0) is 25.3 Å². The molecule has 0 aromatic carbocycles. The zero-order chi connectivity index (χ0) is 8.97. The Hall–Kier alpha value is -0.590. The van der Waals surface area contributed by atoms with Crippen LogP contribution in [-0.2, 0) is 4.79 Å². The number of Topliss-reactive ketones (excluding diaryl/α,β-unsaturated/α-hetero) is 1. The molecule has 1 saturated carbocycles. The van der Waals surface area contributed by atoms with Crippen molar-refractivity contribution in [2.45, 2.75) is 45.4 Å². The predicted molar refractivity (Wildman–Crippen MR) is 51.0 cm³/mol. The van der Waals surface area contributed by atoms with Gasteiger partial charge in [0.05, 0.1) is 0 Å². The highest BCUT2D eigenvalue weighted by Crippen LogP contribution is 2.25. The minimum Gasteiger partial charge on any atom is -0.294 e. The van der Waals surface area contributed by atoms with E-state index in [1.165, 1.54) is 25.7 Å². The molecule has 1 rings (SSSR count). The van der Waals surface area contributed by atoms with Crippen molar-refractivity contribution in [3.8, 4) is 0 Å². The van der Waals surface area contributed by atoms with E-state index in [0.717, 1.165) is 18.4 Å². The molecule has 1 aliphatic carbocycles. The Morgan fingerprint density at radius 3 is 2.08 bits per heavy atom. The molecule has 12 heavy (non-hydrogen) atoms. The van der Waals surface area contributed by atoms with Gasteiger partial charge in [0.2, 0.25) is 0 Å². The average molecular weight is 166 g/mol. The number of hydrogen-bond donors (Lipinski definition) is 0. The summed E-state index contributed by atoms with van der Waals surface area (Å²) in [6, 6.07) is 0. The molecule has 68 valence electrons. The zero-order valence-corrected chi connectivity index (χ0v) is 7.94. The Balaban J connectivity index is 2.48. The largest absolute Gasteiger partial charge is 0.294 e. The summed E-state index contributed by atoms with van der Waals surface area (Å²) in [7, 11) is 0. The monoisotopic (exact) mass is 166 g/mol. The Labute approximate surface area is 74.9 Å². The van der Waals surface area contributed by atoms with Gasteiger partial charge in [-0.15, -0.1) is 0 Å². The lowest BCUT2D eigenvalue weighted by molar-refractivity contribution is -0.119. The third kappa shape index (κ3) is 2.47. The third-order valence-corrected chi connectivity index (χ3v) is 2.65. The lowest BCUT2D eigenvalue weighted by Gasteiger charge is -2.11. The van der Waals surface area contributed by atoms with Crippen molar-refractivity contribution in [1.82, 2.24) is 0 Å². The summed E-state index contributed by atoms with van der Waals surface area (Å²) in [4.78, 5) is 11.6. The molecule has 0 unspecified atom stereocenters. The maximum Gasteiger partial charge on any atom is 0.161 e. The van der Waals surface area contributed by atoms with E-state index in [-0.39, 0.29) is 0 Å². The Bertz CT molecular complexity index is 173. The molecular formula is C11H18O. The van der Waals surface area contributed by atoms with Crippen LogP contribution >= 0.6 is 0 Å². The fraction of sp³-hybridized carbons (Fsp3) is 0.727. The van der Waals surface area contributed by atoms with Gasteiger partial charge < -0.3 is 0 Å². The minimum absolute atomic E-state index is 0.296. The molecule has 0 heterocycles. The second-order valence-corrected chi connectivity index (χ2v) is 3.83. The van der Waals surface area contributed by atoms with E-state index in [1.807, 2.05) is 6.92 Å². The minimum atomic E-state index is 0.296. The summed E-state index contributed by atoms with van der Waals surface area (Å²) in [6.07, 6.45) is 7.24. The first-order chi connectivity index (χ1) is 5.72. The van der Waals surface area contributed by atoms with Crippen molar-refractivity contribution in [3.63, 3.8) is 0 Å². The van der Waals surface area contributed by atoms with Gasteiger partial charge in [-0.1, -0.05) is 32.3 Å². The predicted octanol–water partition coefficient (Wildman–Crippen LogP) is 3.10. The SMILES string of the molecule is C=C(C)C(=O)C1CCCCCC1. The van der Waals surface area contributed by atoms with Crippen LogP contribution in [0.5, 0.6) is 0 Å². The maximum absolute atomic E-state index is 11.6. The fourth-order valence-corrected chi connectivity index (χ4v) is 1.89. The molecule has 0 aliphatic heterocycles. The van der Waals surface area contributed by atoms with Crippen molar-refractivity contribution in [2.24, 2.45) is 5.92 Å². The summed E-state index contributed by atoms with van der Waals surface area (Å²) in [5.41, 5.74) is 0.738. The van der Waals surface area contributed by atoms with E-state index in [4.69, 9.17) is 0 Å². The van der Waals surface area contributed by atoms with Crippen LogP contribution in [0.25, 0.3) is 0 Å². The highest BCUT2D eigenvalue weighted by Gasteiger charge is 2.19. The molecule has 0 amide bonds. The third-order valence-electron chi connectivity index (χ3n) is 2.65. The Kier molecular flexibility index (Phi) is 3.51. The normalized spacial score (nSPS) is 20.1. The first kappa shape index (κ1) is 9.50. The van der Waals surface area contributed by atoms with Gasteiger partial charge in [0, 0.05) is 5.92 Å². The number of rotatable bonds is 2. The fourth-order valence-electron chi connectivity index (χ4n) is 1.89. The molecule has 0 radical (unpaired) electrons. The molecule has 0 bridgehead atoms. The van der Waals surface area contributed by atoms with Crippen LogP contribution in [-0.4, -0.2) is 5.78 Å². The molecule has 0 aromatic rings. The van der Waals surface area contributed by atoms with E-state index in [2.05, 4.69) is 6.58 Å². The van der Waals surface area contributed by atoms with Crippen LogP contribution in [0.15, 0.2) is 12.2 Å². The van der Waals surface area contributed by atoms with Gasteiger partial charge in [-0.2, -0.15) is 0 Å². The summed E-state index contributed by atoms with van der Waals surface area (Å²) in [5.74, 6) is 0.599. The first-order valence-corrected chi connectivity index (χ1v) is 4.91. The number of allylic oxidation sites excluding steroid dienone is 1. The van der Waals surface area contributed by atoms with Gasteiger partial charge in [-0.25, -0.2) is 0 Å². The van der Waals surface area contributed by atoms with E-state index < -0.39 is 0 Å². The number of hydrogen-bond acceptors (Lipinski definition) is 1. The number of ketones is 1. The highest BCUT2D eigenvalue weighted by molar-refractivity contribution is 5.95. The molecule has 1 aliphatic rings. The van der Waals surface area contributed by atoms with E-state index in [0.29, 0.717) is 11.7 Å². The standard InChI is InChI=1S/C11H18O/c1-9(2)11(12)10-7-5-3-4-6-8-10/h10H,1,3-8H2,2H3. The van der Waals surface area contributed by atoms with Gasteiger partial charge in [-0.3, -0.25) is 4.79 Å². The van der Waals surface area contributed by atoms with Crippen molar-refractivity contribution < 1.29 is 4.79 Å². The number of carbonyl (C=O) groups is 1. The molecule has 1 nitrogen and oxygen atoms in total. The molecule has 1 heteroatoms. The van der Waals surface area contributed by atoms with Gasteiger partial charge in [0.1, 0.15) is 0 Å². The summed E-state index contributed by atoms with van der Waals surface area (Å²) < 4.78 is 0. The van der Waals surface area contributed by atoms with Crippen LogP contribution in [0, 0.1) is 5.92 Å². The topological polar surface area (TPSA) is 17.1 Å². The zero-order valence-electron chi connectivity index (χ0n) is 7.94. The van der Waals surface area contributed by atoms with Crippen LogP contribution in [0.3, 0.4) is 0 Å². The van der Waals surface area contributed by atoms with Gasteiger partial charge >= 0.3 is 0 Å². The van der Waals surface area contributed by atoms with Gasteiger partial charge in [0.25, 0.3) is 0 Å². The van der Waals surface area contributed by atoms with E-state index >= 15 is 0 Å². The Morgan fingerprint density at radius 2 is 1.67 bits per heavy atom. The maximum atomic E-state index is 11.6. The summed E-state index contributed by atoms with van der Waals surface area (Å²) in [6.45, 7) is 5.54. The van der Waals surface area contributed by atoms with Crippen molar-refractivity contribution in [1.29, 1.82) is 0 Å². The van der Waals surface area contributed by atoms with Crippen molar-refractivity contribution in [3.05, 3.63) is 12.2 Å². The Morgan fingerprint density at radius 1 is 1.17 bits per heavy atom. The van der Waals surface area contributed by atoms with Gasteiger partial charge in [0.15, 0.2) is 5.78 Å². The van der Waals surface area contributed by atoms with E-state index in [1.54, 1.807) is 0 Å². The van der Waals surface area contributed by atoms with Crippen LogP contribution < -0.4 is 0 Å². The second kappa shape index (κ2) is 4.44.